The molecule has 110 valence electrons. The van der Waals surface area contributed by atoms with E-state index in [1.807, 2.05) is 48.2 Å². The molecule has 1 N–H and O–H groups in total. The second kappa shape index (κ2) is 5.90. The number of nitriles is 1. The Balaban J connectivity index is 1.93. The molecule has 0 aliphatic carbocycles. The molecule has 2 aromatic rings. The summed E-state index contributed by atoms with van der Waals surface area (Å²) in [5.74, 6) is 0.0885. The van der Waals surface area contributed by atoms with Crippen LogP contribution in [0.1, 0.15) is 24.5 Å². The molecule has 0 saturated heterocycles. The van der Waals surface area contributed by atoms with E-state index in [4.69, 9.17) is 5.26 Å². The number of hydrogen-bond donors (Lipinski definition) is 1. The third-order valence-corrected chi connectivity index (χ3v) is 3.92. The molecule has 1 amide bonds. The Kier molecular flexibility index (Phi) is 3.80. The smallest absolute Gasteiger partial charge is 0.249 e. The minimum atomic E-state index is -0.187. The molecule has 1 atom stereocenters. The summed E-state index contributed by atoms with van der Waals surface area (Å²) in [4.78, 5) is 14.5. The topological polar surface area (TPSA) is 56.1 Å². The third kappa shape index (κ3) is 2.53. The fourth-order valence-corrected chi connectivity index (χ4v) is 2.69. The molecule has 0 spiro atoms. The number of fused-ring (bicyclic) bond motifs is 1. The first-order chi connectivity index (χ1) is 10.7. The van der Waals surface area contributed by atoms with Gasteiger partial charge in [-0.15, -0.1) is 0 Å². The summed E-state index contributed by atoms with van der Waals surface area (Å²) >= 11 is 0. The van der Waals surface area contributed by atoms with Crippen LogP contribution in [0.5, 0.6) is 0 Å². The Morgan fingerprint density at radius 1 is 1.18 bits per heavy atom. The van der Waals surface area contributed by atoms with Gasteiger partial charge in [0.1, 0.15) is 6.04 Å². The fraction of sp³-hybridized carbons (Fsp3) is 0.222. The lowest BCUT2D eigenvalue weighted by Gasteiger charge is -2.35. The van der Waals surface area contributed by atoms with E-state index >= 15 is 0 Å². The molecule has 3 rings (SSSR count). The number of nitrogens with one attached hydrogen (secondary N) is 1. The second-order valence-electron chi connectivity index (χ2n) is 5.36. The van der Waals surface area contributed by atoms with E-state index in [0.29, 0.717) is 12.1 Å². The molecule has 1 unspecified atom stereocenters. The maximum Gasteiger partial charge on any atom is 0.249 e. The van der Waals surface area contributed by atoms with Crippen molar-refractivity contribution in [3.8, 4) is 6.07 Å². The van der Waals surface area contributed by atoms with E-state index in [1.54, 1.807) is 12.1 Å². The predicted octanol–water partition coefficient (Wildman–Crippen LogP) is 3.30. The summed E-state index contributed by atoms with van der Waals surface area (Å²) in [5.41, 5.74) is 3.53. The third-order valence-electron chi connectivity index (χ3n) is 3.92. The highest BCUT2D eigenvalue weighted by Gasteiger charge is 2.30. The number of benzene rings is 2. The second-order valence-corrected chi connectivity index (χ2v) is 5.36. The first-order valence-corrected chi connectivity index (χ1v) is 7.39. The van der Waals surface area contributed by atoms with Gasteiger partial charge >= 0.3 is 0 Å². The highest BCUT2D eigenvalue weighted by molar-refractivity contribution is 6.04. The normalized spacial score (nSPS) is 16.6. The molecule has 2 aromatic carbocycles. The summed E-state index contributed by atoms with van der Waals surface area (Å²) < 4.78 is 0. The summed E-state index contributed by atoms with van der Waals surface area (Å²) in [5, 5.41) is 12.2. The molecule has 4 heteroatoms. The number of para-hydroxylation sites is 2. The number of amides is 1. The number of carbonyl (C=O) groups is 1. The molecule has 0 aromatic heterocycles. The van der Waals surface area contributed by atoms with E-state index < -0.39 is 0 Å². The molecule has 1 heterocycles. The van der Waals surface area contributed by atoms with Gasteiger partial charge in [-0.2, -0.15) is 5.26 Å². The van der Waals surface area contributed by atoms with Crippen LogP contribution in [0.15, 0.2) is 48.5 Å². The largest absolute Gasteiger partial charge is 0.372 e. The van der Waals surface area contributed by atoms with Crippen LogP contribution in [0.3, 0.4) is 0 Å². The van der Waals surface area contributed by atoms with Crippen molar-refractivity contribution in [2.75, 3.05) is 10.2 Å². The van der Waals surface area contributed by atoms with Gasteiger partial charge in [-0.25, -0.2) is 0 Å². The van der Waals surface area contributed by atoms with Gasteiger partial charge in [-0.05, 0) is 36.2 Å². The van der Waals surface area contributed by atoms with Gasteiger partial charge in [-0.3, -0.25) is 4.79 Å². The van der Waals surface area contributed by atoms with Gasteiger partial charge in [0.15, 0.2) is 0 Å². The molecule has 0 radical (unpaired) electrons. The van der Waals surface area contributed by atoms with Gasteiger partial charge in [0.2, 0.25) is 5.91 Å². The van der Waals surface area contributed by atoms with Crippen molar-refractivity contribution in [2.24, 2.45) is 0 Å². The molecule has 22 heavy (non-hydrogen) atoms. The molecular formula is C18H17N3O. The van der Waals surface area contributed by atoms with Crippen molar-refractivity contribution in [2.45, 2.75) is 25.9 Å². The van der Waals surface area contributed by atoms with Crippen LogP contribution in [0.4, 0.5) is 11.4 Å². The number of rotatable bonds is 3. The van der Waals surface area contributed by atoms with E-state index in [9.17, 15) is 4.79 Å². The van der Waals surface area contributed by atoms with Crippen LogP contribution in [0, 0.1) is 11.3 Å². The Bertz CT molecular complexity index is 731. The summed E-state index contributed by atoms with van der Waals surface area (Å²) in [6.45, 7) is 2.52. The van der Waals surface area contributed by atoms with Crippen molar-refractivity contribution in [3.05, 3.63) is 59.7 Å². The molecule has 0 saturated carbocycles. The molecule has 0 bridgehead atoms. The SMILES string of the molecule is CCC1Nc2ccccc2N(Cc2ccc(C#N)cc2)C1=O. The monoisotopic (exact) mass is 291 g/mol. The van der Waals surface area contributed by atoms with E-state index in [-0.39, 0.29) is 11.9 Å². The lowest BCUT2D eigenvalue weighted by Crippen LogP contribution is -2.46. The van der Waals surface area contributed by atoms with Crippen LogP contribution in [-0.2, 0) is 11.3 Å². The van der Waals surface area contributed by atoms with Crippen LogP contribution in [0.2, 0.25) is 0 Å². The van der Waals surface area contributed by atoms with Gasteiger partial charge < -0.3 is 10.2 Å². The van der Waals surface area contributed by atoms with Gasteiger partial charge in [0.05, 0.1) is 29.6 Å². The number of carbonyl (C=O) groups excluding carboxylic acids is 1. The van der Waals surface area contributed by atoms with E-state index in [2.05, 4.69) is 11.4 Å². The zero-order valence-electron chi connectivity index (χ0n) is 12.4. The molecular weight excluding hydrogens is 274 g/mol. The highest BCUT2D eigenvalue weighted by atomic mass is 16.2. The van der Waals surface area contributed by atoms with Crippen LogP contribution >= 0.6 is 0 Å². The Hall–Kier alpha value is -2.80. The number of hydrogen-bond acceptors (Lipinski definition) is 3. The van der Waals surface area contributed by atoms with Crippen molar-refractivity contribution in [1.82, 2.24) is 0 Å². The number of anilines is 2. The minimum Gasteiger partial charge on any atom is -0.372 e. The molecule has 1 aliphatic rings. The predicted molar refractivity (Wildman–Crippen MR) is 86.5 cm³/mol. The van der Waals surface area contributed by atoms with Crippen molar-refractivity contribution in [1.29, 1.82) is 5.26 Å². The van der Waals surface area contributed by atoms with Gasteiger partial charge in [-0.1, -0.05) is 31.2 Å². The summed E-state index contributed by atoms with van der Waals surface area (Å²) in [6, 6.07) is 17.1. The fourth-order valence-electron chi connectivity index (χ4n) is 2.69. The Labute approximate surface area is 130 Å². The zero-order chi connectivity index (χ0) is 15.5. The number of nitrogens with zero attached hydrogens (tertiary/aromatic N) is 2. The van der Waals surface area contributed by atoms with Crippen molar-refractivity contribution in [3.63, 3.8) is 0 Å². The molecule has 4 nitrogen and oxygen atoms in total. The highest BCUT2D eigenvalue weighted by Crippen LogP contribution is 2.33. The molecule has 0 fully saturated rings. The maximum atomic E-state index is 12.7. The average molecular weight is 291 g/mol. The minimum absolute atomic E-state index is 0.0885. The first-order valence-electron chi connectivity index (χ1n) is 7.39. The zero-order valence-corrected chi connectivity index (χ0v) is 12.4. The lowest BCUT2D eigenvalue weighted by molar-refractivity contribution is -0.119. The summed E-state index contributed by atoms with van der Waals surface area (Å²) in [7, 11) is 0. The van der Waals surface area contributed by atoms with Crippen LogP contribution in [-0.4, -0.2) is 11.9 Å². The average Bonchev–Trinajstić information content (AvgIpc) is 2.57. The quantitative estimate of drug-likeness (QED) is 0.944. The van der Waals surface area contributed by atoms with Crippen LogP contribution < -0.4 is 10.2 Å². The lowest BCUT2D eigenvalue weighted by atomic mass is 10.1. The first kappa shape index (κ1) is 14.2. The Morgan fingerprint density at radius 2 is 1.91 bits per heavy atom. The van der Waals surface area contributed by atoms with Crippen molar-refractivity contribution < 1.29 is 4.79 Å². The van der Waals surface area contributed by atoms with Gasteiger partial charge in [0.25, 0.3) is 0 Å². The summed E-state index contributed by atoms with van der Waals surface area (Å²) in [6.07, 6.45) is 0.747. The Morgan fingerprint density at radius 3 is 2.59 bits per heavy atom. The van der Waals surface area contributed by atoms with E-state index in [1.165, 1.54) is 0 Å². The van der Waals surface area contributed by atoms with Gasteiger partial charge in [0, 0.05) is 0 Å². The standard InChI is InChI=1S/C18H17N3O/c1-2-15-18(22)21(17-6-4-3-5-16(17)20-15)12-14-9-7-13(11-19)8-10-14/h3-10,15,20H,2,12H2,1H3. The molecule has 1 aliphatic heterocycles. The maximum absolute atomic E-state index is 12.7. The van der Waals surface area contributed by atoms with E-state index in [0.717, 1.165) is 23.4 Å². The van der Waals surface area contributed by atoms with Crippen LogP contribution in [0.25, 0.3) is 0 Å². The van der Waals surface area contributed by atoms with Crippen molar-refractivity contribution >= 4 is 17.3 Å².